The minimum atomic E-state index is -0.197. The summed E-state index contributed by atoms with van der Waals surface area (Å²) in [5, 5.41) is 0. The maximum Gasteiger partial charge on any atom is 0.138 e. The molecule has 0 radical (unpaired) electrons. The highest BCUT2D eigenvalue weighted by molar-refractivity contribution is 9.10. The third-order valence-corrected chi connectivity index (χ3v) is 4.87. The van der Waals surface area contributed by atoms with Crippen molar-refractivity contribution in [2.45, 2.75) is 63.5 Å². The summed E-state index contributed by atoms with van der Waals surface area (Å²) in [5.41, 5.74) is 8.98. The van der Waals surface area contributed by atoms with Gasteiger partial charge in [0.2, 0.25) is 0 Å². The molecule has 0 spiro atoms. The van der Waals surface area contributed by atoms with Gasteiger partial charge in [0, 0.05) is 11.1 Å². The lowest BCUT2D eigenvalue weighted by Gasteiger charge is -2.35. The first-order valence-corrected chi connectivity index (χ1v) is 8.14. The minimum absolute atomic E-state index is 0.197. The van der Waals surface area contributed by atoms with E-state index in [1.54, 1.807) is 0 Å². The lowest BCUT2D eigenvalue weighted by Crippen LogP contribution is -2.39. The second kappa shape index (κ2) is 5.10. The highest BCUT2D eigenvalue weighted by Gasteiger charge is 2.35. The van der Waals surface area contributed by atoms with Crippen LogP contribution in [0.4, 0.5) is 0 Å². The van der Waals surface area contributed by atoms with Crippen molar-refractivity contribution in [3.8, 4) is 5.75 Å². The van der Waals surface area contributed by atoms with Crippen LogP contribution in [0, 0.1) is 6.92 Å². The highest BCUT2D eigenvalue weighted by atomic mass is 79.9. The maximum absolute atomic E-state index is 6.71. The van der Waals surface area contributed by atoms with Crippen molar-refractivity contribution >= 4 is 15.9 Å². The van der Waals surface area contributed by atoms with Crippen LogP contribution in [0.5, 0.6) is 5.75 Å². The largest absolute Gasteiger partial charge is 0.489 e. The predicted octanol–water partition coefficient (Wildman–Crippen LogP) is 4.42. The molecule has 2 aliphatic carbocycles. The van der Waals surface area contributed by atoms with Gasteiger partial charge in [-0.2, -0.15) is 0 Å². The van der Waals surface area contributed by atoms with Gasteiger partial charge in [-0.1, -0.05) is 25.3 Å². The number of nitrogens with two attached hydrogens (primary N) is 1. The van der Waals surface area contributed by atoms with Crippen LogP contribution in [0.2, 0.25) is 0 Å². The Morgan fingerprint density at radius 2 is 1.89 bits per heavy atom. The van der Waals surface area contributed by atoms with E-state index in [0.29, 0.717) is 6.10 Å². The molecule has 2 saturated carbocycles. The van der Waals surface area contributed by atoms with E-state index in [0.717, 1.165) is 23.1 Å². The maximum atomic E-state index is 6.71. The average molecular weight is 324 g/mol. The zero-order valence-electron chi connectivity index (χ0n) is 11.5. The Hall–Kier alpha value is -0.540. The molecule has 3 rings (SSSR count). The molecule has 1 aromatic rings. The highest BCUT2D eigenvalue weighted by Crippen LogP contribution is 2.44. The van der Waals surface area contributed by atoms with Gasteiger partial charge in [-0.15, -0.1) is 0 Å². The summed E-state index contributed by atoms with van der Waals surface area (Å²) in [6, 6.07) is 4.36. The molecule has 0 unspecified atom stereocenters. The molecule has 2 aliphatic rings. The monoisotopic (exact) mass is 323 g/mol. The minimum Gasteiger partial charge on any atom is -0.489 e. The van der Waals surface area contributed by atoms with Gasteiger partial charge >= 0.3 is 0 Å². The number of rotatable bonds is 3. The van der Waals surface area contributed by atoms with Gasteiger partial charge in [0.05, 0.1) is 10.6 Å². The molecule has 0 aliphatic heterocycles. The van der Waals surface area contributed by atoms with Gasteiger partial charge in [-0.25, -0.2) is 0 Å². The van der Waals surface area contributed by atoms with E-state index in [-0.39, 0.29) is 5.54 Å². The van der Waals surface area contributed by atoms with E-state index in [1.807, 2.05) is 0 Å². The third kappa shape index (κ3) is 2.82. The number of halogens is 1. The van der Waals surface area contributed by atoms with Gasteiger partial charge in [0.15, 0.2) is 0 Å². The van der Waals surface area contributed by atoms with Crippen LogP contribution in [-0.4, -0.2) is 6.10 Å². The van der Waals surface area contributed by atoms with Crippen LogP contribution in [-0.2, 0) is 5.54 Å². The predicted molar refractivity (Wildman–Crippen MR) is 81.5 cm³/mol. The van der Waals surface area contributed by atoms with E-state index in [9.17, 15) is 0 Å². The van der Waals surface area contributed by atoms with E-state index in [4.69, 9.17) is 10.5 Å². The quantitative estimate of drug-likeness (QED) is 0.893. The molecular weight excluding hydrogens is 302 g/mol. The van der Waals surface area contributed by atoms with Crippen molar-refractivity contribution < 1.29 is 4.74 Å². The first kappa shape index (κ1) is 13.4. The van der Waals surface area contributed by atoms with Crippen molar-refractivity contribution in [1.29, 1.82) is 0 Å². The van der Waals surface area contributed by atoms with Crippen LogP contribution in [0.1, 0.15) is 56.1 Å². The zero-order valence-corrected chi connectivity index (χ0v) is 13.1. The Labute approximate surface area is 123 Å². The zero-order chi connectivity index (χ0) is 13.5. The van der Waals surface area contributed by atoms with E-state index < -0.39 is 0 Å². The fourth-order valence-corrected chi connectivity index (χ4v) is 3.69. The number of hydrogen-bond acceptors (Lipinski definition) is 2. The smallest absolute Gasteiger partial charge is 0.138 e. The Kier molecular flexibility index (Phi) is 3.61. The Morgan fingerprint density at radius 1 is 1.21 bits per heavy atom. The molecule has 0 saturated heterocycles. The fourth-order valence-electron chi connectivity index (χ4n) is 3.02. The van der Waals surface area contributed by atoms with E-state index in [2.05, 4.69) is 35.0 Å². The summed E-state index contributed by atoms with van der Waals surface area (Å²) in [6.45, 7) is 2.13. The molecule has 3 heteroatoms. The number of benzene rings is 1. The van der Waals surface area contributed by atoms with Crippen molar-refractivity contribution in [1.82, 2.24) is 0 Å². The molecule has 1 aromatic carbocycles. The molecule has 0 atom stereocenters. The molecule has 2 nitrogen and oxygen atoms in total. The first-order chi connectivity index (χ1) is 9.08. The van der Waals surface area contributed by atoms with Gasteiger partial charge in [-0.3, -0.25) is 0 Å². The van der Waals surface area contributed by atoms with Gasteiger partial charge in [0.1, 0.15) is 5.75 Å². The van der Waals surface area contributed by atoms with Crippen LogP contribution in [0.25, 0.3) is 0 Å². The lowest BCUT2D eigenvalue weighted by atomic mass is 9.77. The second-order valence-corrected chi connectivity index (χ2v) is 7.01. The molecule has 0 bridgehead atoms. The van der Waals surface area contributed by atoms with Crippen molar-refractivity contribution in [3.05, 3.63) is 27.7 Å². The second-order valence-electron chi connectivity index (χ2n) is 6.16. The summed E-state index contributed by atoms with van der Waals surface area (Å²) in [7, 11) is 0. The fraction of sp³-hybridized carbons (Fsp3) is 0.625. The van der Waals surface area contributed by atoms with Crippen LogP contribution in [0.15, 0.2) is 16.6 Å². The topological polar surface area (TPSA) is 35.2 Å². The standard InChI is InChI=1S/C16H22BrNO/c1-11-9-13(16(18)7-3-2-4-8-16)15(14(17)10-11)19-12-5-6-12/h9-10,12H,2-8,18H2,1H3. The molecule has 0 aromatic heterocycles. The first-order valence-electron chi connectivity index (χ1n) is 7.35. The lowest BCUT2D eigenvalue weighted by molar-refractivity contribution is 0.262. The summed E-state index contributed by atoms with van der Waals surface area (Å²) < 4.78 is 7.19. The van der Waals surface area contributed by atoms with E-state index in [1.165, 1.54) is 43.2 Å². The summed E-state index contributed by atoms with van der Waals surface area (Å²) in [4.78, 5) is 0. The Balaban J connectivity index is 2.01. The molecular formula is C16H22BrNO. The van der Waals surface area contributed by atoms with Crippen molar-refractivity contribution in [2.75, 3.05) is 0 Å². The molecule has 2 fully saturated rings. The molecule has 104 valence electrons. The van der Waals surface area contributed by atoms with Crippen LogP contribution in [0.3, 0.4) is 0 Å². The van der Waals surface area contributed by atoms with Gasteiger partial charge in [0.25, 0.3) is 0 Å². The van der Waals surface area contributed by atoms with Crippen LogP contribution < -0.4 is 10.5 Å². The summed E-state index contributed by atoms with van der Waals surface area (Å²) >= 11 is 3.66. The average Bonchev–Trinajstić information content (AvgIpc) is 3.17. The normalized spacial score (nSPS) is 22.3. The Morgan fingerprint density at radius 3 is 2.53 bits per heavy atom. The third-order valence-electron chi connectivity index (χ3n) is 4.28. The molecule has 2 N–H and O–H groups in total. The summed E-state index contributed by atoms with van der Waals surface area (Å²) in [6.07, 6.45) is 8.67. The van der Waals surface area contributed by atoms with E-state index >= 15 is 0 Å². The molecule has 0 heterocycles. The van der Waals surface area contributed by atoms with Gasteiger partial charge < -0.3 is 10.5 Å². The van der Waals surface area contributed by atoms with Crippen LogP contribution >= 0.6 is 15.9 Å². The Bertz CT molecular complexity index is 476. The van der Waals surface area contributed by atoms with Gasteiger partial charge in [-0.05, 0) is 60.2 Å². The van der Waals surface area contributed by atoms with Crippen molar-refractivity contribution in [2.24, 2.45) is 5.73 Å². The SMILES string of the molecule is Cc1cc(Br)c(OC2CC2)c(C2(N)CCCCC2)c1. The number of ether oxygens (including phenoxy) is 1. The number of aryl methyl sites for hydroxylation is 1. The summed E-state index contributed by atoms with van der Waals surface area (Å²) in [5.74, 6) is 0.998. The number of hydrogen-bond donors (Lipinski definition) is 1. The van der Waals surface area contributed by atoms with Crippen molar-refractivity contribution in [3.63, 3.8) is 0 Å². The molecule has 0 amide bonds. The molecule has 19 heavy (non-hydrogen) atoms.